The zero-order valence-corrected chi connectivity index (χ0v) is 32.1. The summed E-state index contributed by atoms with van der Waals surface area (Å²) in [6, 6.07) is 6.06. The van der Waals surface area contributed by atoms with E-state index in [1.807, 2.05) is 0 Å². The largest absolute Gasteiger partial charge is 0.312 e. The molecule has 10 rings (SSSR count). The number of piperidine rings is 3. The van der Waals surface area contributed by atoms with Crippen LogP contribution in [0.5, 0.6) is 0 Å². The molecule has 5 aliphatic heterocycles. The monoisotopic (exact) mass is 688 g/mol. The van der Waals surface area contributed by atoms with Crippen molar-refractivity contribution in [1.82, 2.24) is 25.8 Å². The number of nitrogens with zero attached hydrogens (tertiary/aromatic N) is 2. The molecule has 282 valence electrons. The molecule has 0 spiro atoms. The van der Waals surface area contributed by atoms with E-state index >= 15 is 0 Å². The maximum Gasteiger partial charge on any atom is 0.0634 e. The highest BCUT2D eigenvalue weighted by molar-refractivity contribution is 5.07. The minimum atomic E-state index is 0.702. The Morgan fingerprint density at radius 3 is 1.72 bits per heavy atom. The molecule has 5 nitrogen and oxygen atoms in total. The summed E-state index contributed by atoms with van der Waals surface area (Å²) < 4.78 is 0. The molecule has 5 saturated heterocycles. The third-order valence-electron chi connectivity index (χ3n) is 18.5. The first-order valence-corrected chi connectivity index (χ1v) is 23.5. The Labute approximate surface area is 307 Å². The molecule has 5 saturated carbocycles. The molecule has 5 aliphatic carbocycles. The molecule has 50 heavy (non-hydrogen) atoms. The Morgan fingerprint density at radius 2 is 0.960 bits per heavy atom. The third kappa shape index (κ3) is 6.41. The smallest absolute Gasteiger partial charge is 0.0634 e. The highest BCUT2D eigenvalue weighted by Crippen LogP contribution is 2.54. The second-order valence-electron chi connectivity index (χ2n) is 20.5. The molecule has 10 aliphatic rings. The zero-order chi connectivity index (χ0) is 33.0. The first-order chi connectivity index (χ1) is 24.8. The molecule has 0 bridgehead atoms. The predicted molar refractivity (Wildman–Crippen MR) is 206 cm³/mol. The van der Waals surface area contributed by atoms with Crippen molar-refractivity contribution in [2.24, 2.45) is 47.3 Å². The average Bonchev–Trinajstić information content (AvgIpc) is 3.41. The van der Waals surface area contributed by atoms with E-state index in [-0.39, 0.29) is 0 Å². The van der Waals surface area contributed by atoms with Gasteiger partial charge in [-0.05, 0) is 208 Å². The molecule has 0 aromatic rings. The lowest BCUT2D eigenvalue weighted by Gasteiger charge is -2.51. The van der Waals surface area contributed by atoms with Gasteiger partial charge in [-0.25, -0.2) is 0 Å². The number of hydrogen-bond acceptors (Lipinski definition) is 5. The van der Waals surface area contributed by atoms with E-state index in [2.05, 4.69) is 25.8 Å². The quantitative estimate of drug-likeness (QED) is 0.277. The fraction of sp³-hybridized carbons (Fsp3) is 1.00. The Bertz CT molecular complexity index is 1090. The summed E-state index contributed by atoms with van der Waals surface area (Å²) in [6.07, 6.45) is 40.0. The lowest BCUT2D eigenvalue weighted by Crippen LogP contribution is -2.61. The lowest BCUT2D eigenvalue weighted by atomic mass is 9.65. The number of nitrogens with one attached hydrogen (secondary N) is 3. The standard InChI is InChI=1S/C45H77N5/c1-3-11-41-32(7-1)13-14-33-8-2-4-12-42(33)49(41)35-20-15-30(16-21-35)34-19-24-43-39(29-34)38-9-5-27-48-45(38)50(43)36-22-17-31(18-23-36)37-25-28-46-40-10-6-26-47-44(37)40/h30-48H,1-29H2. The van der Waals surface area contributed by atoms with Crippen molar-refractivity contribution in [3.63, 3.8) is 0 Å². The van der Waals surface area contributed by atoms with Crippen LogP contribution in [0.25, 0.3) is 0 Å². The van der Waals surface area contributed by atoms with E-state index in [1.165, 1.54) is 122 Å². The highest BCUT2D eigenvalue weighted by atomic mass is 15.3. The van der Waals surface area contributed by atoms with E-state index in [0.717, 1.165) is 89.6 Å². The van der Waals surface area contributed by atoms with E-state index in [9.17, 15) is 0 Å². The molecule has 5 heteroatoms. The summed E-state index contributed by atoms with van der Waals surface area (Å²) in [5, 5.41) is 12.1. The highest BCUT2D eigenvalue weighted by Gasteiger charge is 2.55. The van der Waals surface area contributed by atoms with Crippen LogP contribution in [0, 0.1) is 47.3 Å². The van der Waals surface area contributed by atoms with Gasteiger partial charge in [-0.2, -0.15) is 0 Å². The number of likely N-dealkylation sites (tertiary alicyclic amines) is 2. The molecule has 12 atom stereocenters. The van der Waals surface area contributed by atoms with Gasteiger partial charge < -0.3 is 16.0 Å². The van der Waals surface area contributed by atoms with Crippen molar-refractivity contribution in [2.45, 2.75) is 215 Å². The van der Waals surface area contributed by atoms with Gasteiger partial charge in [0.2, 0.25) is 0 Å². The molecule has 3 N–H and O–H groups in total. The Kier molecular flexibility index (Phi) is 10.4. The molecule has 5 heterocycles. The van der Waals surface area contributed by atoms with Crippen molar-refractivity contribution in [2.75, 3.05) is 19.6 Å². The topological polar surface area (TPSA) is 42.6 Å². The minimum absolute atomic E-state index is 0.702. The van der Waals surface area contributed by atoms with Gasteiger partial charge >= 0.3 is 0 Å². The van der Waals surface area contributed by atoms with Crippen LogP contribution in [0.15, 0.2) is 0 Å². The lowest BCUT2D eigenvalue weighted by molar-refractivity contribution is -0.0199. The van der Waals surface area contributed by atoms with Gasteiger partial charge in [-0.15, -0.1) is 0 Å². The molecular weight excluding hydrogens is 611 g/mol. The SMILES string of the molecule is C1CCC2C(C1)CCC1CCCCC1N2C1CCC(C2CCC3C(C2)C2CCCNC2N3C2CCC(C3CCNC4CCCNC43)CC2)CC1. The summed E-state index contributed by atoms with van der Waals surface area (Å²) >= 11 is 0. The molecule has 0 amide bonds. The van der Waals surface area contributed by atoms with Gasteiger partial charge in [-0.3, -0.25) is 9.80 Å². The first-order valence-electron chi connectivity index (χ1n) is 23.5. The van der Waals surface area contributed by atoms with Gasteiger partial charge in [0.25, 0.3) is 0 Å². The van der Waals surface area contributed by atoms with Crippen LogP contribution in [-0.2, 0) is 0 Å². The summed E-state index contributed by atoms with van der Waals surface area (Å²) in [4.78, 5) is 6.51. The summed E-state index contributed by atoms with van der Waals surface area (Å²) in [5.41, 5.74) is 0. The normalized spacial score (nSPS) is 52.1. The zero-order valence-electron chi connectivity index (χ0n) is 32.1. The first kappa shape index (κ1) is 34.3. The second-order valence-corrected chi connectivity index (χ2v) is 20.5. The average molecular weight is 688 g/mol. The Balaban J connectivity index is 0.780. The fourth-order valence-corrected chi connectivity index (χ4v) is 16.3. The van der Waals surface area contributed by atoms with Crippen LogP contribution in [0.4, 0.5) is 0 Å². The van der Waals surface area contributed by atoms with E-state index in [1.54, 1.807) is 64.2 Å². The fourth-order valence-electron chi connectivity index (χ4n) is 16.3. The van der Waals surface area contributed by atoms with Crippen LogP contribution < -0.4 is 16.0 Å². The molecular formula is C45H77N5. The summed E-state index contributed by atoms with van der Waals surface area (Å²) in [5.74, 6) is 7.93. The van der Waals surface area contributed by atoms with E-state index < -0.39 is 0 Å². The summed E-state index contributed by atoms with van der Waals surface area (Å²) in [7, 11) is 0. The van der Waals surface area contributed by atoms with E-state index in [0.29, 0.717) is 6.17 Å². The van der Waals surface area contributed by atoms with Crippen LogP contribution in [-0.4, -0.2) is 77.9 Å². The van der Waals surface area contributed by atoms with Crippen LogP contribution in [0.2, 0.25) is 0 Å². The van der Waals surface area contributed by atoms with Crippen molar-refractivity contribution in [1.29, 1.82) is 0 Å². The maximum atomic E-state index is 4.19. The van der Waals surface area contributed by atoms with Crippen LogP contribution in [0.1, 0.15) is 167 Å². The third-order valence-corrected chi connectivity index (χ3v) is 18.5. The second kappa shape index (κ2) is 15.1. The van der Waals surface area contributed by atoms with Gasteiger partial charge in [0.1, 0.15) is 0 Å². The molecule has 10 fully saturated rings. The molecule has 12 unspecified atom stereocenters. The molecule has 0 aromatic carbocycles. The molecule has 0 aromatic heterocycles. The van der Waals surface area contributed by atoms with E-state index in [4.69, 9.17) is 0 Å². The Morgan fingerprint density at radius 1 is 0.340 bits per heavy atom. The maximum absolute atomic E-state index is 4.19. The van der Waals surface area contributed by atoms with Crippen molar-refractivity contribution < 1.29 is 0 Å². The number of hydrogen-bond donors (Lipinski definition) is 3. The van der Waals surface area contributed by atoms with Crippen molar-refractivity contribution in [3.05, 3.63) is 0 Å². The van der Waals surface area contributed by atoms with Crippen molar-refractivity contribution >= 4 is 0 Å². The summed E-state index contributed by atoms with van der Waals surface area (Å²) in [6.45, 7) is 3.78. The van der Waals surface area contributed by atoms with Gasteiger partial charge in [0.05, 0.1) is 6.17 Å². The minimum Gasteiger partial charge on any atom is -0.312 e. The van der Waals surface area contributed by atoms with Gasteiger partial charge in [0.15, 0.2) is 0 Å². The van der Waals surface area contributed by atoms with Crippen molar-refractivity contribution in [3.8, 4) is 0 Å². The Hall–Kier alpha value is -0.200. The predicted octanol–water partition coefficient (Wildman–Crippen LogP) is 8.47. The van der Waals surface area contributed by atoms with Gasteiger partial charge in [0, 0.05) is 42.3 Å². The number of fused-ring (bicyclic) bond motifs is 6. The van der Waals surface area contributed by atoms with Crippen LogP contribution in [0.3, 0.4) is 0 Å². The molecule has 0 radical (unpaired) electrons. The van der Waals surface area contributed by atoms with Gasteiger partial charge in [-0.1, -0.05) is 25.7 Å². The van der Waals surface area contributed by atoms with Crippen LogP contribution >= 0.6 is 0 Å². The number of rotatable bonds is 4.